The molecule has 0 saturated carbocycles. The molecule has 36 heavy (non-hydrogen) atoms. The quantitative estimate of drug-likeness (QED) is 0.438. The molecule has 1 fully saturated rings. The fourth-order valence-corrected chi connectivity index (χ4v) is 4.05. The third-order valence-electron chi connectivity index (χ3n) is 6.31. The van der Waals surface area contributed by atoms with E-state index in [0.717, 1.165) is 22.6 Å². The van der Waals surface area contributed by atoms with Gasteiger partial charge in [0.05, 0.1) is 11.6 Å². The summed E-state index contributed by atoms with van der Waals surface area (Å²) < 4.78 is 7.65. The van der Waals surface area contributed by atoms with Crippen molar-refractivity contribution in [2.75, 3.05) is 16.8 Å². The minimum absolute atomic E-state index is 0.0480. The van der Waals surface area contributed by atoms with E-state index in [0.29, 0.717) is 29.7 Å². The molecule has 1 aliphatic rings. The summed E-state index contributed by atoms with van der Waals surface area (Å²) in [6.45, 7) is 6.27. The smallest absolute Gasteiger partial charge is 0.238 e. The lowest BCUT2D eigenvalue weighted by molar-refractivity contribution is -0.122. The first-order valence-electron chi connectivity index (χ1n) is 11.7. The second-order valence-corrected chi connectivity index (χ2v) is 8.87. The van der Waals surface area contributed by atoms with Gasteiger partial charge in [0.1, 0.15) is 12.1 Å². The molecule has 182 valence electrons. The third kappa shape index (κ3) is 4.81. The van der Waals surface area contributed by atoms with Crippen molar-refractivity contribution in [3.05, 3.63) is 83.9 Å². The van der Waals surface area contributed by atoms with Crippen LogP contribution < -0.4 is 15.0 Å². The lowest BCUT2D eigenvalue weighted by Crippen LogP contribution is -2.28. The molecule has 4 aromatic rings. The van der Waals surface area contributed by atoms with Crippen LogP contribution in [0.15, 0.2) is 67.0 Å². The van der Waals surface area contributed by atoms with Gasteiger partial charge in [-0.25, -0.2) is 4.98 Å². The van der Waals surface area contributed by atoms with Crippen LogP contribution in [0.2, 0.25) is 0 Å². The molecule has 1 atom stereocenters. The summed E-state index contributed by atoms with van der Waals surface area (Å²) in [6, 6.07) is 18.3. The van der Waals surface area contributed by atoms with Crippen molar-refractivity contribution in [2.24, 2.45) is 5.92 Å². The fourth-order valence-electron chi connectivity index (χ4n) is 4.05. The number of nitrogens with one attached hydrogen (secondary N) is 1. The molecule has 1 aliphatic heterocycles. The van der Waals surface area contributed by atoms with E-state index in [1.165, 1.54) is 0 Å². The molecule has 0 bridgehead atoms. The van der Waals surface area contributed by atoms with Gasteiger partial charge in [0.2, 0.25) is 17.7 Å². The number of carbonyl (C=O) groups is 2. The first-order valence-corrected chi connectivity index (χ1v) is 11.7. The molecule has 0 radical (unpaired) electrons. The van der Waals surface area contributed by atoms with E-state index in [1.807, 2.05) is 55.7 Å². The number of hydrogen-bond donors (Lipinski definition) is 1. The molecule has 2 aromatic carbocycles. The molecule has 1 N–H and O–H groups in total. The standard InChI is InChI=1S/C27H26N6O3/c1-17-4-8-22(9-5-17)32-15-20(14-26(32)34)27(35)29-21-6-10-23(11-7-21)36-25-13-12-24(30-31-25)33-16-28-18(2)19(33)3/h4-13,16,20H,14-15H2,1-3H3,(H,29,35). The zero-order valence-corrected chi connectivity index (χ0v) is 20.3. The van der Waals surface area contributed by atoms with Gasteiger partial charge in [0.25, 0.3) is 0 Å². The monoisotopic (exact) mass is 482 g/mol. The van der Waals surface area contributed by atoms with Gasteiger partial charge >= 0.3 is 0 Å². The third-order valence-corrected chi connectivity index (χ3v) is 6.31. The van der Waals surface area contributed by atoms with Gasteiger partial charge in [-0.05, 0) is 63.2 Å². The lowest BCUT2D eigenvalue weighted by Gasteiger charge is -2.17. The summed E-state index contributed by atoms with van der Waals surface area (Å²) in [4.78, 5) is 31.2. The molecule has 9 heteroatoms. The SMILES string of the molecule is Cc1ccc(N2CC(C(=O)Nc3ccc(Oc4ccc(-n5cnc(C)c5C)nn4)cc3)CC2=O)cc1. The second kappa shape index (κ2) is 9.61. The molecule has 2 amide bonds. The van der Waals surface area contributed by atoms with Gasteiger partial charge in [-0.1, -0.05) is 17.7 Å². The maximum Gasteiger partial charge on any atom is 0.238 e. The van der Waals surface area contributed by atoms with Crippen molar-refractivity contribution in [2.45, 2.75) is 27.2 Å². The summed E-state index contributed by atoms with van der Waals surface area (Å²) in [5.41, 5.74) is 4.50. The minimum atomic E-state index is -0.411. The number of hydrogen-bond acceptors (Lipinski definition) is 6. The largest absolute Gasteiger partial charge is 0.438 e. The molecule has 1 unspecified atom stereocenters. The highest BCUT2D eigenvalue weighted by Gasteiger charge is 2.35. The summed E-state index contributed by atoms with van der Waals surface area (Å²) in [7, 11) is 0. The average molecular weight is 483 g/mol. The van der Waals surface area contributed by atoms with E-state index >= 15 is 0 Å². The van der Waals surface area contributed by atoms with Crippen LogP contribution in [-0.2, 0) is 9.59 Å². The van der Waals surface area contributed by atoms with Crippen molar-refractivity contribution in [3.8, 4) is 17.4 Å². The molecule has 0 spiro atoms. The molecule has 1 saturated heterocycles. The highest BCUT2D eigenvalue weighted by Crippen LogP contribution is 2.27. The number of ether oxygens (including phenoxy) is 1. The number of rotatable bonds is 6. The molecular formula is C27H26N6O3. The van der Waals surface area contributed by atoms with Crippen LogP contribution >= 0.6 is 0 Å². The number of anilines is 2. The first-order chi connectivity index (χ1) is 17.4. The average Bonchev–Trinajstić information content (AvgIpc) is 3.43. The van der Waals surface area contributed by atoms with Crippen molar-refractivity contribution in [1.82, 2.24) is 19.7 Å². The number of amides is 2. The number of aromatic nitrogens is 4. The van der Waals surface area contributed by atoms with Crippen LogP contribution in [0.5, 0.6) is 11.6 Å². The Morgan fingerprint density at radius 3 is 2.36 bits per heavy atom. The first kappa shape index (κ1) is 23.2. The van der Waals surface area contributed by atoms with E-state index in [4.69, 9.17) is 4.74 Å². The lowest BCUT2D eigenvalue weighted by atomic mass is 10.1. The highest BCUT2D eigenvalue weighted by atomic mass is 16.5. The Morgan fingerprint density at radius 1 is 0.972 bits per heavy atom. The van der Waals surface area contributed by atoms with Crippen molar-refractivity contribution in [3.63, 3.8) is 0 Å². The van der Waals surface area contributed by atoms with Gasteiger partial charge in [-0.2, -0.15) is 0 Å². The number of nitrogens with zero attached hydrogens (tertiary/aromatic N) is 5. The van der Waals surface area contributed by atoms with Crippen molar-refractivity contribution >= 4 is 23.2 Å². The van der Waals surface area contributed by atoms with Gasteiger partial charge < -0.3 is 15.0 Å². The van der Waals surface area contributed by atoms with Gasteiger partial charge in [-0.15, -0.1) is 10.2 Å². The summed E-state index contributed by atoms with van der Waals surface area (Å²) in [5.74, 6) is 0.930. The van der Waals surface area contributed by atoms with Crippen LogP contribution in [0.3, 0.4) is 0 Å². The predicted molar refractivity (Wildman–Crippen MR) is 135 cm³/mol. The number of carbonyl (C=O) groups excluding carboxylic acids is 2. The van der Waals surface area contributed by atoms with Crippen molar-refractivity contribution < 1.29 is 14.3 Å². The topological polar surface area (TPSA) is 102 Å². The van der Waals surface area contributed by atoms with E-state index < -0.39 is 5.92 Å². The van der Waals surface area contributed by atoms with E-state index in [2.05, 4.69) is 20.5 Å². The van der Waals surface area contributed by atoms with E-state index in [1.54, 1.807) is 41.6 Å². The summed E-state index contributed by atoms with van der Waals surface area (Å²) in [6.07, 6.45) is 1.90. The van der Waals surface area contributed by atoms with Crippen molar-refractivity contribution in [1.29, 1.82) is 0 Å². The van der Waals surface area contributed by atoms with Gasteiger partial charge in [0, 0.05) is 36.1 Å². The molecule has 9 nitrogen and oxygen atoms in total. The van der Waals surface area contributed by atoms with Gasteiger partial charge in [-0.3, -0.25) is 14.2 Å². The normalized spacial score (nSPS) is 15.2. The summed E-state index contributed by atoms with van der Waals surface area (Å²) >= 11 is 0. The zero-order valence-electron chi connectivity index (χ0n) is 20.3. The molecular weight excluding hydrogens is 456 g/mol. The fraction of sp³-hybridized carbons (Fsp3) is 0.222. The Labute approximate surface area is 208 Å². The number of aryl methyl sites for hydroxylation is 2. The van der Waals surface area contributed by atoms with Gasteiger partial charge in [0.15, 0.2) is 5.82 Å². The van der Waals surface area contributed by atoms with Crippen LogP contribution in [-0.4, -0.2) is 38.1 Å². The Bertz CT molecular complexity index is 1400. The minimum Gasteiger partial charge on any atom is -0.438 e. The Morgan fingerprint density at radius 2 is 1.72 bits per heavy atom. The Balaban J connectivity index is 1.18. The van der Waals surface area contributed by atoms with Crippen LogP contribution in [0.4, 0.5) is 11.4 Å². The van der Waals surface area contributed by atoms with Crippen LogP contribution in [0.25, 0.3) is 5.82 Å². The summed E-state index contributed by atoms with van der Waals surface area (Å²) in [5, 5.41) is 11.3. The number of imidazole rings is 1. The molecule has 2 aromatic heterocycles. The number of benzene rings is 2. The van der Waals surface area contributed by atoms with Crippen LogP contribution in [0, 0.1) is 26.7 Å². The molecule has 3 heterocycles. The van der Waals surface area contributed by atoms with E-state index in [-0.39, 0.29) is 18.2 Å². The zero-order chi connectivity index (χ0) is 25.2. The molecule has 5 rings (SSSR count). The Hall–Kier alpha value is -4.53. The molecule has 0 aliphatic carbocycles. The second-order valence-electron chi connectivity index (χ2n) is 8.87. The maximum absolute atomic E-state index is 12.8. The highest BCUT2D eigenvalue weighted by molar-refractivity contribution is 6.03. The Kier molecular flexibility index (Phi) is 6.20. The van der Waals surface area contributed by atoms with E-state index in [9.17, 15) is 9.59 Å². The predicted octanol–water partition coefficient (Wildman–Crippen LogP) is 4.37. The maximum atomic E-state index is 12.8. The van der Waals surface area contributed by atoms with Crippen LogP contribution in [0.1, 0.15) is 23.4 Å².